The Morgan fingerprint density at radius 1 is 1.17 bits per heavy atom. The van der Waals surface area contributed by atoms with E-state index in [-0.39, 0.29) is 16.5 Å². The third-order valence-electron chi connectivity index (χ3n) is 4.36. The van der Waals surface area contributed by atoms with Crippen molar-refractivity contribution in [1.82, 2.24) is 0 Å². The fourth-order valence-corrected chi connectivity index (χ4v) is 4.71. The lowest BCUT2D eigenvalue weighted by molar-refractivity contribution is -0.145. The van der Waals surface area contributed by atoms with Gasteiger partial charge in [-0.15, -0.1) is 11.8 Å². The first-order valence-corrected chi connectivity index (χ1v) is 7.66. The maximum absolute atomic E-state index is 6.43. The first-order valence-electron chi connectivity index (χ1n) is 6.85. The summed E-state index contributed by atoms with van der Waals surface area (Å²) in [6.07, 6.45) is 2.72. The lowest BCUT2D eigenvalue weighted by Gasteiger charge is -2.50. The van der Waals surface area contributed by atoms with Crippen molar-refractivity contribution < 1.29 is 4.74 Å². The molecule has 0 bridgehead atoms. The molecule has 3 rings (SSSR count). The highest BCUT2D eigenvalue weighted by atomic mass is 32.2. The molecule has 18 heavy (non-hydrogen) atoms. The molecule has 0 aromatic heterocycles. The molecule has 2 heterocycles. The summed E-state index contributed by atoms with van der Waals surface area (Å²) in [7, 11) is 0. The van der Waals surface area contributed by atoms with Crippen molar-refractivity contribution in [3.05, 3.63) is 29.8 Å². The van der Waals surface area contributed by atoms with Crippen LogP contribution in [-0.2, 0) is 4.74 Å². The van der Waals surface area contributed by atoms with Gasteiger partial charge in [0.05, 0.1) is 11.7 Å². The molecule has 1 aromatic carbocycles. The third kappa shape index (κ3) is 2.00. The van der Waals surface area contributed by atoms with Crippen LogP contribution in [0.3, 0.4) is 0 Å². The van der Waals surface area contributed by atoms with E-state index in [0.29, 0.717) is 5.92 Å². The van der Waals surface area contributed by atoms with E-state index < -0.39 is 0 Å². The summed E-state index contributed by atoms with van der Waals surface area (Å²) in [5.74, 6) is 0.630. The number of hydrogen-bond acceptors (Lipinski definition) is 2. The lowest BCUT2D eigenvalue weighted by atomic mass is 9.77. The minimum Gasteiger partial charge on any atom is -0.367 e. The number of rotatable bonds is 0. The van der Waals surface area contributed by atoms with Gasteiger partial charge in [-0.25, -0.2) is 0 Å². The molecule has 1 fully saturated rings. The largest absolute Gasteiger partial charge is 0.367 e. The van der Waals surface area contributed by atoms with Gasteiger partial charge in [0.1, 0.15) is 0 Å². The summed E-state index contributed by atoms with van der Waals surface area (Å²) in [5, 5.41) is 0. The summed E-state index contributed by atoms with van der Waals surface area (Å²) in [6.45, 7) is 9.18. The van der Waals surface area contributed by atoms with Gasteiger partial charge in [-0.3, -0.25) is 0 Å². The van der Waals surface area contributed by atoms with Gasteiger partial charge in [0, 0.05) is 15.6 Å². The number of ether oxygens (including phenoxy) is 1. The minimum atomic E-state index is 0.0202. The zero-order valence-corrected chi connectivity index (χ0v) is 12.5. The third-order valence-corrected chi connectivity index (χ3v) is 5.78. The average Bonchev–Trinajstić information content (AvgIpc) is 2.26. The van der Waals surface area contributed by atoms with E-state index in [2.05, 4.69) is 52.0 Å². The minimum absolute atomic E-state index is 0.0202. The van der Waals surface area contributed by atoms with Gasteiger partial charge in [0.15, 0.2) is 0 Å². The molecule has 0 aliphatic carbocycles. The van der Waals surface area contributed by atoms with Gasteiger partial charge in [-0.05, 0) is 52.2 Å². The van der Waals surface area contributed by atoms with E-state index in [0.717, 1.165) is 0 Å². The SMILES string of the molecule is CC1(C)CC[C@@H]2[C@@H](O1)c1ccccc1SC2(C)C. The zero-order valence-electron chi connectivity index (χ0n) is 11.7. The van der Waals surface area contributed by atoms with Gasteiger partial charge in [-0.1, -0.05) is 18.2 Å². The molecule has 0 amide bonds. The van der Waals surface area contributed by atoms with Crippen molar-refractivity contribution in [2.75, 3.05) is 0 Å². The van der Waals surface area contributed by atoms with Crippen molar-refractivity contribution >= 4 is 11.8 Å². The van der Waals surface area contributed by atoms with Crippen molar-refractivity contribution in [2.45, 2.75) is 61.9 Å². The molecule has 2 aliphatic rings. The van der Waals surface area contributed by atoms with Crippen molar-refractivity contribution in [3.63, 3.8) is 0 Å². The molecule has 0 spiro atoms. The van der Waals surface area contributed by atoms with Crippen molar-refractivity contribution in [3.8, 4) is 0 Å². The Bertz CT molecular complexity index is 464. The van der Waals surface area contributed by atoms with E-state index in [1.807, 2.05) is 11.8 Å². The molecule has 0 radical (unpaired) electrons. The number of thioether (sulfide) groups is 1. The number of benzene rings is 1. The highest BCUT2D eigenvalue weighted by molar-refractivity contribution is 8.00. The molecule has 0 saturated carbocycles. The Kier molecular flexibility index (Phi) is 2.80. The first kappa shape index (κ1) is 12.6. The van der Waals surface area contributed by atoms with Crippen molar-refractivity contribution in [1.29, 1.82) is 0 Å². The summed E-state index contributed by atoms with van der Waals surface area (Å²) in [4.78, 5) is 1.40. The van der Waals surface area contributed by atoms with Crippen molar-refractivity contribution in [2.24, 2.45) is 5.92 Å². The van der Waals surface area contributed by atoms with Gasteiger partial charge in [-0.2, -0.15) is 0 Å². The predicted octanol–water partition coefficient (Wildman–Crippen LogP) is 4.82. The Balaban J connectivity index is 2.06. The standard InChI is InChI=1S/C16H22OS/c1-15(2)10-9-12-14(17-15)11-7-5-6-8-13(11)18-16(12,3)4/h5-8,12,14H,9-10H2,1-4H3/t12-,14+/m1/s1. The summed E-state index contributed by atoms with van der Waals surface area (Å²) in [5.41, 5.74) is 1.42. The molecule has 0 N–H and O–H groups in total. The zero-order chi connectivity index (χ0) is 13.0. The molecule has 98 valence electrons. The summed E-state index contributed by atoms with van der Waals surface area (Å²) < 4.78 is 6.70. The second-order valence-electron chi connectivity index (χ2n) is 6.69. The first-order chi connectivity index (χ1) is 8.39. The van der Waals surface area contributed by atoms with E-state index in [4.69, 9.17) is 4.74 Å². The van der Waals surface area contributed by atoms with Crippen LogP contribution in [0.2, 0.25) is 0 Å². The van der Waals surface area contributed by atoms with Crippen LogP contribution >= 0.6 is 11.8 Å². The summed E-state index contributed by atoms with van der Waals surface area (Å²) >= 11 is 2.02. The molecular weight excluding hydrogens is 240 g/mol. The average molecular weight is 262 g/mol. The molecular formula is C16H22OS. The molecule has 2 aliphatic heterocycles. The summed E-state index contributed by atoms with van der Waals surface area (Å²) in [6, 6.07) is 8.76. The van der Waals surface area contributed by atoms with Crippen LogP contribution in [0.4, 0.5) is 0 Å². The maximum Gasteiger partial charge on any atom is 0.0884 e. The Morgan fingerprint density at radius 2 is 1.89 bits per heavy atom. The van der Waals surface area contributed by atoms with Crippen LogP contribution in [-0.4, -0.2) is 10.3 Å². The van der Waals surface area contributed by atoms with Crippen LogP contribution < -0.4 is 0 Å². The normalized spacial score (nSPS) is 32.4. The van der Waals surface area contributed by atoms with Gasteiger partial charge in [0.2, 0.25) is 0 Å². The van der Waals surface area contributed by atoms with E-state index in [1.165, 1.54) is 23.3 Å². The van der Waals surface area contributed by atoms with Gasteiger partial charge in [0.25, 0.3) is 0 Å². The lowest BCUT2D eigenvalue weighted by Crippen LogP contribution is -2.45. The molecule has 1 saturated heterocycles. The van der Waals surface area contributed by atoms with Gasteiger partial charge < -0.3 is 4.74 Å². The molecule has 2 heteroatoms. The Hall–Kier alpha value is -0.470. The van der Waals surface area contributed by atoms with E-state index >= 15 is 0 Å². The number of fused-ring (bicyclic) bond motifs is 3. The van der Waals surface area contributed by atoms with Crippen LogP contribution in [0.5, 0.6) is 0 Å². The van der Waals surface area contributed by atoms with Crippen LogP contribution in [0.15, 0.2) is 29.2 Å². The molecule has 2 atom stereocenters. The fourth-order valence-electron chi connectivity index (χ4n) is 3.30. The van der Waals surface area contributed by atoms with E-state index in [1.54, 1.807) is 0 Å². The molecule has 1 aromatic rings. The van der Waals surface area contributed by atoms with Crippen LogP contribution in [0, 0.1) is 5.92 Å². The topological polar surface area (TPSA) is 9.23 Å². The smallest absolute Gasteiger partial charge is 0.0884 e. The molecule has 0 unspecified atom stereocenters. The second-order valence-corrected chi connectivity index (χ2v) is 8.38. The van der Waals surface area contributed by atoms with Crippen LogP contribution in [0.25, 0.3) is 0 Å². The fraction of sp³-hybridized carbons (Fsp3) is 0.625. The quantitative estimate of drug-likeness (QED) is 0.663. The maximum atomic E-state index is 6.43. The molecule has 1 nitrogen and oxygen atoms in total. The second kappa shape index (κ2) is 4.01. The predicted molar refractivity (Wildman–Crippen MR) is 77.0 cm³/mol. The number of hydrogen-bond donors (Lipinski definition) is 0. The van der Waals surface area contributed by atoms with Crippen LogP contribution in [0.1, 0.15) is 52.2 Å². The Morgan fingerprint density at radius 3 is 2.67 bits per heavy atom. The highest BCUT2D eigenvalue weighted by Gasteiger charge is 2.47. The monoisotopic (exact) mass is 262 g/mol. The Labute approximate surface area is 114 Å². The highest BCUT2D eigenvalue weighted by Crippen LogP contribution is 2.57. The van der Waals surface area contributed by atoms with E-state index in [9.17, 15) is 0 Å². The van der Waals surface area contributed by atoms with Gasteiger partial charge >= 0.3 is 0 Å².